The van der Waals surface area contributed by atoms with Crippen LogP contribution in [-0.2, 0) is 6.18 Å². The minimum absolute atomic E-state index is 0.00310. The Labute approximate surface area is 203 Å². The summed E-state index contributed by atoms with van der Waals surface area (Å²) in [6.45, 7) is 2.42. The first-order valence-corrected chi connectivity index (χ1v) is 11.2. The van der Waals surface area contributed by atoms with Gasteiger partial charge in [0.05, 0.1) is 5.56 Å². The maximum Gasteiger partial charge on any atom is 0.420 e. The highest BCUT2D eigenvalue weighted by Crippen LogP contribution is 2.36. The van der Waals surface area contributed by atoms with Gasteiger partial charge in [0.1, 0.15) is 11.4 Å². The van der Waals surface area contributed by atoms with Gasteiger partial charge in [0, 0.05) is 24.7 Å². The van der Waals surface area contributed by atoms with E-state index in [1.165, 1.54) is 12.1 Å². The van der Waals surface area contributed by atoms with Crippen molar-refractivity contribution in [2.75, 3.05) is 24.5 Å². The van der Waals surface area contributed by atoms with E-state index >= 15 is 0 Å². The fourth-order valence-electron chi connectivity index (χ4n) is 3.56. The molecule has 2 heterocycles. The Kier molecular flexibility index (Phi) is 8.26. The van der Waals surface area contributed by atoms with Crippen LogP contribution in [0.1, 0.15) is 59.0 Å². The highest BCUT2D eigenvalue weighted by molar-refractivity contribution is 6.31. The van der Waals surface area contributed by atoms with Crippen molar-refractivity contribution in [3.63, 3.8) is 0 Å². The van der Waals surface area contributed by atoms with Crippen LogP contribution in [0.2, 0.25) is 5.02 Å². The highest BCUT2D eigenvalue weighted by atomic mass is 35.5. The SMILES string of the molecule is CCCCCNC(=O)c1ccc(N2CCCN(C(=O)c3cc(Cl)cc(F)c3C(F)(F)F)C2=O)nn1. The summed E-state index contributed by atoms with van der Waals surface area (Å²) in [6.07, 6.45) is -2.20. The van der Waals surface area contributed by atoms with Gasteiger partial charge in [-0.05, 0) is 37.1 Å². The average Bonchev–Trinajstić information content (AvgIpc) is 2.80. The summed E-state index contributed by atoms with van der Waals surface area (Å²) in [5.41, 5.74) is -2.85. The molecule has 1 aromatic carbocycles. The normalized spacial score (nSPS) is 14.3. The number of halogens is 5. The number of nitrogens with zero attached hydrogens (tertiary/aromatic N) is 4. The zero-order valence-electron chi connectivity index (χ0n) is 18.7. The Morgan fingerprint density at radius 2 is 1.89 bits per heavy atom. The zero-order valence-corrected chi connectivity index (χ0v) is 19.4. The first-order valence-electron chi connectivity index (χ1n) is 10.9. The van der Waals surface area contributed by atoms with E-state index < -0.39 is 46.0 Å². The molecule has 1 saturated heterocycles. The second-order valence-electron chi connectivity index (χ2n) is 7.79. The van der Waals surface area contributed by atoms with Crippen molar-refractivity contribution in [3.05, 3.63) is 51.9 Å². The molecule has 0 radical (unpaired) electrons. The van der Waals surface area contributed by atoms with Crippen molar-refractivity contribution in [2.45, 2.75) is 38.8 Å². The van der Waals surface area contributed by atoms with Crippen LogP contribution in [-0.4, -0.2) is 52.6 Å². The number of hydrogen-bond acceptors (Lipinski definition) is 5. The van der Waals surface area contributed by atoms with Crippen molar-refractivity contribution >= 4 is 35.3 Å². The molecule has 1 aromatic heterocycles. The van der Waals surface area contributed by atoms with Crippen molar-refractivity contribution in [1.29, 1.82) is 0 Å². The van der Waals surface area contributed by atoms with Gasteiger partial charge in [0.2, 0.25) is 0 Å². The standard InChI is InChI=1S/C22H22ClF4N5O3/c1-2-3-4-8-28-19(33)16-6-7-17(30-29-16)31-9-5-10-32(21(31)35)20(34)14-11-13(23)12-15(24)18(14)22(25,26)27/h6-7,11-12H,2-5,8-10H2,1H3,(H,28,33). The number of nitrogens with one attached hydrogen (secondary N) is 1. The summed E-state index contributed by atoms with van der Waals surface area (Å²) in [5, 5.41) is 9.95. The molecule has 0 atom stereocenters. The molecular formula is C22H22ClF4N5O3. The molecule has 1 aliphatic rings. The van der Waals surface area contributed by atoms with Crippen LogP contribution in [0.5, 0.6) is 0 Å². The number of imide groups is 1. The van der Waals surface area contributed by atoms with E-state index in [0.29, 0.717) is 23.6 Å². The van der Waals surface area contributed by atoms with Gasteiger partial charge in [0.15, 0.2) is 11.5 Å². The first kappa shape index (κ1) is 26.3. The summed E-state index contributed by atoms with van der Waals surface area (Å²) < 4.78 is 54.3. The van der Waals surface area contributed by atoms with Crippen LogP contribution >= 0.6 is 11.6 Å². The van der Waals surface area contributed by atoms with Crippen LogP contribution in [0.4, 0.5) is 28.2 Å². The molecule has 1 fully saturated rings. The van der Waals surface area contributed by atoms with E-state index in [0.717, 1.165) is 24.2 Å². The molecule has 1 aliphatic heterocycles. The van der Waals surface area contributed by atoms with E-state index in [-0.39, 0.29) is 31.0 Å². The molecule has 0 aliphatic carbocycles. The van der Waals surface area contributed by atoms with Crippen LogP contribution in [0.25, 0.3) is 0 Å². The van der Waals surface area contributed by atoms with Crippen LogP contribution in [0.3, 0.4) is 0 Å². The van der Waals surface area contributed by atoms with Crippen LogP contribution in [0.15, 0.2) is 24.3 Å². The number of carbonyl (C=O) groups is 3. The van der Waals surface area contributed by atoms with Gasteiger partial charge < -0.3 is 5.32 Å². The topological polar surface area (TPSA) is 95.5 Å². The van der Waals surface area contributed by atoms with Crippen molar-refractivity contribution in [3.8, 4) is 0 Å². The number of hydrogen-bond donors (Lipinski definition) is 1. The highest BCUT2D eigenvalue weighted by Gasteiger charge is 2.42. The number of carbonyl (C=O) groups excluding carboxylic acids is 3. The Bertz CT molecular complexity index is 1110. The van der Waals surface area contributed by atoms with E-state index in [1.54, 1.807) is 0 Å². The number of unbranched alkanes of at least 4 members (excludes halogenated alkanes) is 2. The molecule has 0 saturated carbocycles. The van der Waals surface area contributed by atoms with Gasteiger partial charge in [-0.3, -0.25) is 19.4 Å². The molecule has 1 N–H and O–H groups in total. The van der Waals surface area contributed by atoms with E-state index in [9.17, 15) is 31.9 Å². The van der Waals surface area contributed by atoms with Gasteiger partial charge >= 0.3 is 12.2 Å². The zero-order chi connectivity index (χ0) is 25.8. The first-order chi connectivity index (χ1) is 16.5. The monoisotopic (exact) mass is 515 g/mol. The molecule has 2 aromatic rings. The van der Waals surface area contributed by atoms with Gasteiger partial charge in [-0.2, -0.15) is 13.2 Å². The van der Waals surface area contributed by atoms with E-state index in [4.69, 9.17) is 11.6 Å². The summed E-state index contributed by atoms with van der Waals surface area (Å²) in [7, 11) is 0. The summed E-state index contributed by atoms with van der Waals surface area (Å²) in [4.78, 5) is 39.6. The second-order valence-corrected chi connectivity index (χ2v) is 8.23. The molecular weight excluding hydrogens is 494 g/mol. The third-order valence-electron chi connectivity index (χ3n) is 5.26. The number of alkyl halides is 3. The molecule has 188 valence electrons. The quantitative estimate of drug-likeness (QED) is 0.427. The van der Waals surface area contributed by atoms with Gasteiger partial charge in [-0.15, -0.1) is 10.2 Å². The predicted octanol–water partition coefficient (Wildman–Crippen LogP) is 4.68. The van der Waals surface area contributed by atoms with Crippen molar-refractivity contribution in [1.82, 2.24) is 20.4 Å². The summed E-state index contributed by atoms with van der Waals surface area (Å²) in [5.74, 6) is -3.50. The lowest BCUT2D eigenvalue weighted by Gasteiger charge is -2.33. The van der Waals surface area contributed by atoms with Crippen LogP contribution < -0.4 is 10.2 Å². The summed E-state index contributed by atoms with van der Waals surface area (Å²) >= 11 is 5.68. The number of urea groups is 1. The maximum absolute atomic E-state index is 14.1. The number of rotatable bonds is 7. The second kappa shape index (κ2) is 11.0. The van der Waals surface area contributed by atoms with E-state index in [1.807, 2.05) is 6.92 Å². The van der Waals surface area contributed by atoms with Gasteiger partial charge in [-0.1, -0.05) is 31.4 Å². The van der Waals surface area contributed by atoms with Crippen molar-refractivity contribution in [2.24, 2.45) is 0 Å². The fourth-order valence-corrected chi connectivity index (χ4v) is 3.76. The molecule has 8 nitrogen and oxygen atoms in total. The largest absolute Gasteiger partial charge is 0.420 e. The Balaban J connectivity index is 1.80. The third-order valence-corrected chi connectivity index (χ3v) is 5.48. The fraction of sp³-hybridized carbons (Fsp3) is 0.409. The molecule has 4 amide bonds. The summed E-state index contributed by atoms with van der Waals surface area (Å²) in [6, 6.07) is 2.86. The number of anilines is 1. The Hall–Kier alpha value is -3.28. The maximum atomic E-state index is 14.1. The predicted molar refractivity (Wildman–Crippen MR) is 119 cm³/mol. The van der Waals surface area contributed by atoms with Gasteiger partial charge in [0.25, 0.3) is 11.8 Å². The number of benzene rings is 1. The molecule has 0 spiro atoms. The lowest BCUT2D eigenvalue weighted by Crippen LogP contribution is -2.52. The Morgan fingerprint density at radius 1 is 1.14 bits per heavy atom. The van der Waals surface area contributed by atoms with Crippen molar-refractivity contribution < 1.29 is 31.9 Å². The lowest BCUT2D eigenvalue weighted by molar-refractivity contribution is -0.140. The molecule has 35 heavy (non-hydrogen) atoms. The van der Waals surface area contributed by atoms with Gasteiger partial charge in [-0.25, -0.2) is 9.18 Å². The number of amides is 4. The van der Waals surface area contributed by atoms with E-state index in [2.05, 4.69) is 15.5 Å². The van der Waals surface area contributed by atoms with Crippen LogP contribution in [0, 0.1) is 5.82 Å². The Morgan fingerprint density at radius 3 is 2.51 bits per heavy atom. The molecule has 13 heteroatoms. The molecule has 0 unspecified atom stereocenters. The smallest absolute Gasteiger partial charge is 0.351 e. The minimum atomic E-state index is -5.18. The molecule has 3 rings (SSSR count). The molecule has 0 bridgehead atoms. The average molecular weight is 516 g/mol. The minimum Gasteiger partial charge on any atom is -0.351 e. The lowest BCUT2D eigenvalue weighted by atomic mass is 10.0. The third kappa shape index (κ3) is 6.05. The number of aromatic nitrogens is 2.